The highest BCUT2D eigenvalue weighted by molar-refractivity contribution is 9.10. The summed E-state index contributed by atoms with van der Waals surface area (Å²) in [6, 6.07) is 10.2. The smallest absolute Gasteiger partial charge is 0.167 e. The number of ketones is 1. The van der Waals surface area contributed by atoms with Crippen LogP contribution in [0.5, 0.6) is 0 Å². The molecule has 0 bridgehead atoms. The number of rotatable bonds is 3. The Morgan fingerprint density at radius 2 is 1.95 bits per heavy atom. The minimum Gasteiger partial charge on any atom is -0.309 e. The van der Waals surface area contributed by atoms with Gasteiger partial charge in [-0.25, -0.2) is 4.39 Å². The molecule has 0 amide bonds. The minimum absolute atomic E-state index is 0.0482. The number of hydrogen-bond donors (Lipinski definition) is 1. The highest BCUT2D eigenvalue weighted by atomic mass is 79.9. The van der Waals surface area contributed by atoms with Crippen molar-refractivity contribution in [3.63, 3.8) is 0 Å². The Bertz CT molecular complexity index is 684. The highest BCUT2D eigenvalue weighted by Gasteiger charge is 2.14. The zero-order valence-corrected chi connectivity index (χ0v) is 12.3. The van der Waals surface area contributed by atoms with Crippen LogP contribution in [0.25, 0.3) is 0 Å². The summed E-state index contributed by atoms with van der Waals surface area (Å²) in [5, 5.41) is 3.26. The van der Waals surface area contributed by atoms with Gasteiger partial charge in [-0.1, -0.05) is 34.1 Å². The molecular weight excluding hydrogens is 321 g/mol. The number of carbonyl (C=O) groups excluding carboxylic acids is 1. The van der Waals surface area contributed by atoms with Gasteiger partial charge in [0, 0.05) is 29.5 Å². The molecule has 0 atom stereocenters. The molecule has 3 rings (SSSR count). The number of Topliss-reactive ketones (excluding diaryl/α,β-unsaturated/α-hetero) is 1. The van der Waals surface area contributed by atoms with E-state index in [1.54, 1.807) is 6.07 Å². The monoisotopic (exact) mass is 333 g/mol. The second-order valence-electron chi connectivity index (χ2n) is 4.92. The largest absolute Gasteiger partial charge is 0.309 e. The van der Waals surface area contributed by atoms with E-state index in [0.29, 0.717) is 10.0 Å². The summed E-state index contributed by atoms with van der Waals surface area (Å²) in [4.78, 5) is 12.3. The molecule has 0 spiro atoms. The van der Waals surface area contributed by atoms with Gasteiger partial charge in [-0.3, -0.25) is 4.79 Å². The highest BCUT2D eigenvalue weighted by Crippen LogP contribution is 2.22. The predicted octanol–water partition coefficient (Wildman–Crippen LogP) is 3.62. The third-order valence-corrected chi connectivity index (χ3v) is 4.26. The molecular formula is C16H13BrFNO. The molecule has 0 saturated heterocycles. The fourth-order valence-corrected chi connectivity index (χ4v) is 2.90. The average molecular weight is 334 g/mol. The van der Waals surface area contributed by atoms with Crippen LogP contribution in [-0.2, 0) is 19.5 Å². The summed E-state index contributed by atoms with van der Waals surface area (Å²) >= 11 is 3.30. The number of nitrogens with one attached hydrogen (secondary N) is 1. The van der Waals surface area contributed by atoms with Gasteiger partial charge in [-0.15, -0.1) is 0 Å². The van der Waals surface area contributed by atoms with E-state index in [1.165, 1.54) is 23.3 Å². The van der Waals surface area contributed by atoms with E-state index in [2.05, 4.69) is 21.2 Å². The van der Waals surface area contributed by atoms with E-state index >= 15 is 0 Å². The van der Waals surface area contributed by atoms with Crippen molar-refractivity contribution in [3.8, 4) is 0 Å². The van der Waals surface area contributed by atoms with Crippen molar-refractivity contribution in [1.82, 2.24) is 5.32 Å². The second-order valence-corrected chi connectivity index (χ2v) is 5.78. The van der Waals surface area contributed by atoms with Crippen molar-refractivity contribution in [2.24, 2.45) is 0 Å². The van der Waals surface area contributed by atoms with Crippen LogP contribution in [0.3, 0.4) is 0 Å². The summed E-state index contributed by atoms with van der Waals surface area (Å²) in [6.07, 6.45) is 0.271. The van der Waals surface area contributed by atoms with Crippen molar-refractivity contribution < 1.29 is 9.18 Å². The fraction of sp³-hybridized carbons (Fsp3) is 0.188. The van der Waals surface area contributed by atoms with Crippen LogP contribution in [0.4, 0.5) is 4.39 Å². The molecule has 4 heteroatoms. The van der Waals surface area contributed by atoms with Crippen molar-refractivity contribution in [2.45, 2.75) is 19.5 Å². The molecule has 102 valence electrons. The molecule has 1 aliphatic rings. The standard InChI is InChI=1S/C16H13BrFNO/c17-15-7-14(18)4-3-10(15)6-16(20)11-1-2-12-8-19-9-13(12)5-11/h1-5,7,19H,6,8-9H2. The van der Waals surface area contributed by atoms with E-state index in [1.807, 2.05) is 18.2 Å². The molecule has 0 aliphatic carbocycles. The lowest BCUT2D eigenvalue weighted by Crippen LogP contribution is -2.05. The van der Waals surface area contributed by atoms with Crippen LogP contribution in [-0.4, -0.2) is 5.78 Å². The first-order valence-corrected chi connectivity index (χ1v) is 7.22. The van der Waals surface area contributed by atoms with Crippen LogP contribution in [0.15, 0.2) is 40.9 Å². The third-order valence-electron chi connectivity index (χ3n) is 3.53. The van der Waals surface area contributed by atoms with E-state index < -0.39 is 0 Å². The second kappa shape index (κ2) is 5.46. The summed E-state index contributed by atoms with van der Waals surface area (Å²) in [7, 11) is 0. The van der Waals surface area contributed by atoms with Crippen molar-refractivity contribution >= 4 is 21.7 Å². The van der Waals surface area contributed by atoms with Gasteiger partial charge < -0.3 is 5.32 Å². The molecule has 0 radical (unpaired) electrons. The lowest BCUT2D eigenvalue weighted by molar-refractivity contribution is 0.0992. The molecule has 1 heterocycles. The van der Waals surface area contributed by atoms with Crippen LogP contribution in [0.1, 0.15) is 27.0 Å². The van der Waals surface area contributed by atoms with E-state index in [0.717, 1.165) is 18.7 Å². The maximum atomic E-state index is 13.0. The summed E-state index contributed by atoms with van der Waals surface area (Å²) in [5.41, 5.74) is 3.96. The molecule has 0 fully saturated rings. The van der Waals surface area contributed by atoms with E-state index in [4.69, 9.17) is 0 Å². The van der Waals surface area contributed by atoms with Gasteiger partial charge in [-0.05, 0) is 34.9 Å². The van der Waals surface area contributed by atoms with Crippen LogP contribution in [0.2, 0.25) is 0 Å². The quantitative estimate of drug-likeness (QED) is 0.869. The van der Waals surface area contributed by atoms with Crippen LogP contribution >= 0.6 is 15.9 Å². The Morgan fingerprint density at radius 3 is 2.75 bits per heavy atom. The Morgan fingerprint density at radius 1 is 1.15 bits per heavy atom. The Hall–Kier alpha value is -1.52. The summed E-state index contributed by atoms with van der Waals surface area (Å²) in [6.45, 7) is 1.68. The van der Waals surface area contributed by atoms with Gasteiger partial charge in [0.15, 0.2) is 5.78 Å². The van der Waals surface area contributed by atoms with Crippen molar-refractivity contribution in [2.75, 3.05) is 0 Å². The predicted molar refractivity (Wildman–Crippen MR) is 79.1 cm³/mol. The first-order valence-electron chi connectivity index (χ1n) is 6.43. The molecule has 20 heavy (non-hydrogen) atoms. The molecule has 2 aromatic rings. The molecule has 1 aliphatic heterocycles. The molecule has 1 N–H and O–H groups in total. The van der Waals surface area contributed by atoms with Gasteiger partial charge in [0.1, 0.15) is 5.82 Å². The molecule has 0 aromatic heterocycles. The summed E-state index contributed by atoms with van der Waals surface area (Å²) in [5.74, 6) is -0.260. The first-order chi connectivity index (χ1) is 9.63. The molecule has 2 aromatic carbocycles. The Labute approximate surface area is 125 Å². The number of benzene rings is 2. The minimum atomic E-state index is -0.309. The lowest BCUT2D eigenvalue weighted by atomic mass is 9.99. The van der Waals surface area contributed by atoms with Gasteiger partial charge in [0.25, 0.3) is 0 Å². The number of fused-ring (bicyclic) bond motifs is 1. The first kappa shape index (κ1) is 13.5. The Balaban J connectivity index is 1.82. The Kier molecular flexibility index (Phi) is 3.68. The zero-order chi connectivity index (χ0) is 14.1. The van der Waals surface area contributed by atoms with E-state index in [-0.39, 0.29) is 18.0 Å². The lowest BCUT2D eigenvalue weighted by Gasteiger charge is -2.06. The normalized spacial score (nSPS) is 13.3. The average Bonchev–Trinajstić information content (AvgIpc) is 2.89. The summed E-state index contributed by atoms with van der Waals surface area (Å²) < 4.78 is 13.7. The van der Waals surface area contributed by atoms with Crippen LogP contribution < -0.4 is 5.32 Å². The molecule has 2 nitrogen and oxygen atoms in total. The maximum absolute atomic E-state index is 13.0. The van der Waals surface area contributed by atoms with Crippen molar-refractivity contribution in [1.29, 1.82) is 0 Å². The number of hydrogen-bond acceptors (Lipinski definition) is 2. The van der Waals surface area contributed by atoms with Crippen molar-refractivity contribution in [3.05, 3.63) is 68.9 Å². The topological polar surface area (TPSA) is 29.1 Å². The van der Waals surface area contributed by atoms with Gasteiger partial charge >= 0.3 is 0 Å². The molecule has 0 unspecified atom stereocenters. The number of carbonyl (C=O) groups is 1. The van der Waals surface area contributed by atoms with Gasteiger partial charge in [0.2, 0.25) is 0 Å². The maximum Gasteiger partial charge on any atom is 0.167 e. The fourth-order valence-electron chi connectivity index (χ4n) is 2.41. The third kappa shape index (κ3) is 2.67. The SMILES string of the molecule is O=C(Cc1ccc(F)cc1Br)c1ccc2c(c1)CNC2. The zero-order valence-electron chi connectivity index (χ0n) is 10.7. The van der Waals surface area contributed by atoms with E-state index in [9.17, 15) is 9.18 Å². The van der Waals surface area contributed by atoms with Gasteiger partial charge in [0.05, 0.1) is 0 Å². The van der Waals surface area contributed by atoms with Gasteiger partial charge in [-0.2, -0.15) is 0 Å². The number of halogens is 2. The van der Waals surface area contributed by atoms with Crippen LogP contribution in [0, 0.1) is 5.82 Å². The molecule has 0 saturated carbocycles.